The van der Waals surface area contributed by atoms with Crippen molar-refractivity contribution in [1.29, 1.82) is 0 Å². The van der Waals surface area contributed by atoms with Crippen LogP contribution in [0.1, 0.15) is 0 Å². The molecule has 4 rings (SSSR count). The van der Waals surface area contributed by atoms with E-state index in [1.807, 2.05) is 72.8 Å². The highest BCUT2D eigenvalue weighted by Gasteiger charge is 2.15. The van der Waals surface area contributed by atoms with Crippen LogP contribution in [0.25, 0.3) is 22.3 Å². The SMILES string of the molecule is c1ccc(NOc2nccc(-c3ccccc3)c2-c2ccccc2)cc1. The summed E-state index contributed by atoms with van der Waals surface area (Å²) in [6.45, 7) is 0. The van der Waals surface area contributed by atoms with Crippen molar-refractivity contribution in [3.8, 4) is 28.1 Å². The van der Waals surface area contributed by atoms with E-state index in [1.165, 1.54) is 0 Å². The summed E-state index contributed by atoms with van der Waals surface area (Å²) in [6.07, 6.45) is 1.77. The summed E-state index contributed by atoms with van der Waals surface area (Å²) in [6, 6.07) is 32.2. The molecule has 0 aliphatic carbocycles. The molecule has 3 nitrogen and oxygen atoms in total. The Morgan fingerprint density at radius 1 is 0.615 bits per heavy atom. The van der Waals surface area contributed by atoms with Crippen LogP contribution in [0, 0.1) is 0 Å². The molecular formula is C23H18N2O. The summed E-state index contributed by atoms with van der Waals surface area (Å²) < 4.78 is 0. The minimum absolute atomic E-state index is 0.543. The molecule has 26 heavy (non-hydrogen) atoms. The predicted octanol–water partition coefficient (Wildman–Crippen LogP) is 5.82. The van der Waals surface area contributed by atoms with Crippen LogP contribution in [-0.4, -0.2) is 4.98 Å². The molecule has 0 aliphatic rings. The molecule has 0 bridgehead atoms. The van der Waals surface area contributed by atoms with Gasteiger partial charge in [-0.2, -0.15) is 0 Å². The topological polar surface area (TPSA) is 34.1 Å². The normalized spacial score (nSPS) is 10.3. The van der Waals surface area contributed by atoms with Gasteiger partial charge < -0.3 is 4.84 Å². The first-order valence-electron chi connectivity index (χ1n) is 8.49. The van der Waals surface area contributed by atoms with Gasteiger partial charge in [-0.3, -0.25) is 0 Å². The highest BCUT2D eigenvalue weighted by atomic mass is 16.7. The molecule has 0 saturated heterocycles. The zero-order valence-corrected chi connectivity index (χ0v) is 14.2. The molecular weight excluding hydrogens is 320 g/mol. The number of anilines is 1. The van der Waals surface area contributed by atoms with Crippen molar-refractivity contribution >= 4 is 5.69 Å². The predicted molar refractivity (Wildman–Crippen MR) is 106 cm³/mol. The Labute approximate surface area is 152 Å². The van der Waals surface area contributed by atoms with Gasteiger partial charge >= 0.3 is 0 Å². The van der Waals surface area contributed by atoms with Gasteiger partial charge in [-0.05, 0) is 34.9 Å². The van der Waals surface area contributed by atoms with Gasteiger partial charge in [-0.1, -0.05) is 78.9 Å². The van der Waals surface area contributed by atoms with E-state index in [0.29, 0.717) is 5.88 Å². The van der Waals surface area contributed by atoms with Crippen molar-refractivity contribution < 1.29 is 4.84 Å². The van der Waals surface area contributed by atoms with Crippen LogP contribution in [-0.2, 0) is 0 Å². The number of hydrogen-bond acceptors (Lipinski definition) is 3. The lowest BCUT2D eigenvalue weighted by molar-refractivity contribution is 0.391. The van der Waals surface area contributed by atoms with E-state index in [4.69, 9.17) is 4.84 Å². The summed E-state index contributed by atoms with van der Waals surface area (Å²) in [7, 11) is 0. The van der Waals surface area contributed by atoms with Crippen molar-refractivity contribution in [1.82, 2.24) is 4.98 Å². The molecule has 0 unspecified atom stereocenters. The van der Waals surface area contributed by atoms with Crippen molar-refractivity contribution in [3.63, 3.8) is 0 Å². The van der Waals surface area contributed by atoms with Crippen LogP contribution in [0.5, 0.6) is 5.88 Å². The second-order valence-electron chi connectivity index (χ2n) is 5.84. The van der Waals surface area contributed by atoms with Crippen LogP contribution < -0.4 is 10.3 Å². The largest absolute Gasteiger partial charge is 0.361 e. The van der Waals surface area contributed by atoms with Crippen molar-refractivity contribution in [2.75, 3.05) is 5.48 Å². The first-order chi connectivity index (χ1) is 12.9. The highest BCUT2D eigenvalue weighted by Crippen LogP contribution is 2.37. The Kier molecular flexibility index (Phi) is 4.61. The van der Waals surface area contributed by atoms with Gasteiger partial charge in [0.25, 0.3) is 5.88 Å². The average molecular weight is 338 g/mol. The zero-order valence-electron chi connectivity index (χ0n) is 14.2. The number of aromatic nitrogens is 1. The molecule has 0 atom stereocenters. The molecule has 0 radical (unpaired) electrons. The summed E-state index contributed by atoms with van der Waals surface area (Å²) in [4.78, 5) is 10.4. The number of hydrogen-bond donors (Lipinski definition) is 1. The van der Waals surface area contributed by atoms with E-state index in [1.54, 1.807) is 6.20 Å². The van der Waals surface area contributed by atoms with Gasteiger partial charge in [0, 0.05) is 6.20 Å². The first kappa shape index (κ1) is 15.9. The maximum absolute atomic E-state index is 5.88. The minimum atomic E-state index is 0.543. The summed E-state index contributed by atoms with van der Waals surface area (Å²) in [5, 5.41) is 0. The Balaban J connectivity index is 1.78. The van der Waals surface area contributed by atoms with E-state index in [9.17, 15) is 0 Å². The third kappa shape index (κ3) is 3.42. The Bertz CT molecular complexity index is 971. The quantitative estimate of drug-likeness (QED) is 0.465. The Morgan fingerprint density at radius 2 is 1.19 bits per heavy atom. The van der Waals surface area contributed by atoms with Gasteiger partial charge in [0.1, 0.15) is 0 Å². The Morgan fingerprint density at radius 3 is 1.85 bits per heavy atom. The number of nitrogens with one attached hydrogen (secondary N) is 1. The third-order valence-corrected chi connectivity index (χ3v) is 4.10. The maximum atomic E-state index is 5.88. The van der Waals surface area contributed by atoms with E-state index >= 15 is 0 Å². The van der Waals surface area contributed by atoms with E-state index < -0.39 is 0 Å². The molecule has 1 heterocycles. The first-order valence-corrected chi connectivity index (χ1v) is 8.49. The molecule has 3 aromatic carbocycles. The molecule has 1 aromatic heterocycles. The molecule has 0 spiro atoms. The number of rotatable bonds is 5. The van der Waals surface area contributed by atoms with Crippen molar-refractivity contribution in [2.45, 2.75) is 0 Å². The average Bonchev–Trinajstić information content (AvgIpc) is 2.74. The smallest absolute Gasteiger partial charge is 0.254 e. The van der Waals surface area contributed by atoms with Crippen LogP contribution in [0.15, 0.2) is 103 Å². The molecule has 0 amide bonds. The van der Waals surface area contributed by atoms with Crippen LogP contribution in [0.3, 0.4) is 0 Å². The fraction of sp³-hybridized carbons (Fsp3) is 0. The molecule has 4 aromatic rings. The highest BCUT2D eigenvalue weighted by molar-refractivity contribution is 5.86. The zero-order chi connectivity index (χ0) is 17.6. The molecule has 0 saturated carbocycles. The third-order valence-electron chi connectivity index (χ3n) is 4.10. The lowest BCUT2D eigenvalue weighted by atomic mass is 9.96. The molecule has 1 N–H and O–H groups in total. The monoisotopic (exact) mass is 338 g/mol. The molecule has 3 heteroatoms. The van der Waals surface area contributed by atoms with Crippen molar-refractivity contribution in [2.24, 2.45) is 0 Å². The lowest BCUT2D eigenvalue weighted by Crippen LogP contribution is -2.07. The van der Waals surface area contributed by atoms with Gasteiger partial charge in [-0.25, -0.2) is 10.5 Å². The van der Waals surface area contributed by atoms with E-state index in [-0.39, 0.29) is 0 Å². The number of pyridine rings is 1. The van der Waals surface area contributed by atoms with Gasteiger partial charge in [0.15, 0.2) is 0 Å². The van der Waals surface area contributed by atoms with Crippen LogP contribution in [0.4, 0.5) is 5.69 Å². The minimum Gasteiger partial charge on any atom is -0.361 e. The van der Waals surface area contributed by atoms with Crippen LogP contribution >= 0.6 is 0 Å². The van der Waals surface area contributed by atoms with Gasteiger partial charge in [-0.15, -0.1) is 0 Å². The number of para-hydroxylation sites is 1. The van der Waals surface area contributed by atoms with Crippen molar-refractivity contribution in [3.05, 3.63) is 103 Å². The maximum Gasteiger partial charge on any atom is 0.254 e. The lowest BCUT2D eigenvalue weighted by Gasteiger charge is -2.15. The summed E-state index contributed by atoms with van der Waals surface area (Å²) in [5.74, 6) is 0.543. The van der Waals surface area contributed by atoms with Crippen LogP contribution in [0.2, 0.25) is 0 Å². The van der Waals surface area contributed by atoms with E-state index in [0.717, 1.165) is 27.9 Å². The molecule has 126 valence electrons. The van der Waals surface area contributed by atoms with Gasteiger partial charge in [0.2, 0.25) is 0 Å². The number of nitrogens with zero attached hydrogens (tertiary/aromatic N) is 1. The number of benzene rings is 3. The van der Waals surface area contributed by atoms with E-state index in [2.05, 4.69) is 34.7 Å². The molecule has 0 fully saturated rings. The second-order valence-corrected chi connectivity index (χ2v) is 5.84. The summed E-state index contributed by atoms with van der Waals surface area (Å²) in [5.41, 5.74) is 8.08. The fourth-order valence-electron chi connectivity index (χ4n) is 2.88. The Hall–Kier alpha value is -3.59. The fourth-order valence-corrected chi connectivity index (χ4v) is 2.88. The standard InChI is InChI=1S/C23H18N2O/c1-4-10-18(11-5-1)21-16-17-24-23(22(21)19-12-6-2-7-13-19)26-25-20-14-8-3-9-15-20/h1-17,25H. The summed E-state index contributed by atoms with van der Waals surface area (Å²) >= 11 is 0. The second kappa shape index (κ2) is 7.53. The molecule has 0 aliphatic heterocycles. The van der Waals surface area contributed by atoms with Gasteiger partial charge in [0.05, 0.1) is 11.3 Å².